The van der Waals surface area contributed by atoms with Gasteiger partial charge in [-0.15, -0.1) is 0 Å². The zero-order valence-electron chi connectivity index (χ0n) is 17.1. The van der Waals surface area contributed by atoms with Crippen LogP contribution in [-0.2, 0) is 9.47 Å². The third kappa shape index (κ3) is 4.46. The second-order valence-corrected chi connectivity index (χ2v) is 6.67. The molecule has 1 aromatic carbocycles. The molecule has 4 rings (SSSR count). The SMILES string of the molecule is CC.N#Cc1c(N)nc(OCC2COC2)c(C#N)c1-c1ccc(OC2COC2)cc1. The van der Waals surface area contributed by atoms with Gasteiger partial charge in [-0.25, -0.2) is 0 Å². The van der Waals surface area contributed by atoms with E-state index >= 15 is 0 Å². The minimum Gasteiger partial charge on any atom is -0.486 e. The highest BCUT2D eigenvalue weighted by atomic mass is 16.6. The molecule has 2 aliphatic heterocycles. The standard InChI is InChI=1S/C20H18N4O4.C2H6/c21-5-16-18(13-1-3-14(4-2-13)28-15-10-26-11-15)17(6-22)20(24-19(16)23)27-9-12-7-25-8-12;1-2/h1-4,12,15H,7-11H2,(H2,23,24);1-2H3. The maximum Gasteiger partial charge on any atom is 0.234 e. The Bertz CT molecular complexity index is 955. The third-order valence-corrected chi connectivity index (χ3v) is 4.63. The van der Waals surface area contributed by atoms with Crippen LogP contribution < -0.4 is 15.2 Å². The Morgan fingerprint density at radius 3 is 2.17 bits per heavy atom. The highest BCUT2D eigenvalue weighted by Crippen LogP contribution is 2.36. The van der Waals surface area contributed by atoms with Crippen LogP contribution in [0.15, 0.2) is 24.3 Å². The summed E-state index contributed by atoms with van der Waals surface area (Å²) in [5.41, 5.74) is 7.39. The number of nitriles is 2. The van der Waals surface area contributed by atoms with Gasteiger partial charge in [0.2, 0.25) is 5.88 Å². The Labute approximate surface area is 175 Å². The molecule has 3 heterocycles. The Morgan fingerprint density at radius 2 is 1.67 bits per heavy atom. The molecule has 0 spiro atoms. The molecule has 0 amide bonds. The Morgan fingerprint density at radius 1 is 1.03 bits per heavy atom. The minimum absolute atomic E-state index is 0.0308. The van der Waals surface area contributed by atoms with Crippen LogP contribution in [0.2, 0.25) is 0 Å². The summed E-state index contributed by atoms with van der Waals surface area (Å²) >= 11 is 0. The molecule has 2 saturated heterocycles. The molecule has 0 radical (unpaired) electrons. The number of ether oxygens (including phenoxy) is 4. The molecule has 0 aliphatic carbocycles. The van der Waals surface area contributed by atoms with Crippen LogP contribution in [-0.4, -0.2) is 44.1 Å². The Kier molecular flexibility index (Phi) is 7.08. The van der Waals surface area contributed by atoms with Crippen molar-refractivity contribution < 1.29 is 18.9 Å². The van der Waals surface area contributed by atoms with Crippen molar-refractivity contribution in [3.05, 3.63) is 35.4 Å². The topological polar surface area (TPSA) is 123 Å². The van der Waals surface area contributed by atoms with Gasteiger partial charge in [0.1, 0.15) is 40.9 Å². The number of pyridine rings is 1. The van der Waals surface area contributed by atoms with Crippen LogP contribution >= 0.6 is 0 Å². The van der Waals surface area contributed by atoms with Gasteiger partial charge in [0.25, 0.3) is 0 Å². The molecule has 0 saturated carbocycles. The summed E-state index contributed by atoms with van der Waals surface area (Å²) in [5.74, 6) is 1.12. The first-order valence-corrected chi connectivity index (χ1v) is 9.88. The molecular weight excluding hydrogens is 384 g/mol. The maximum atomic E-state index is 9.74. The van der Waals surface area contributed by atoms with Crippen molar-refractivity contribution >= 4 is 5.82 Å². The summed E-state index contributed by atoms with van der Waals surface area (Å²) < 4.78 is 21.7. The number of nitrogens with zero attached hydrogens (tertiary/aromatic N) is 3. The number of aromatic nitrogens is 1. The van der Waals surface area contributed by atoms with Crippen molar-refractivity contribution in [2.75, 3.05) is 38.8 Å². The highest BCUT2D eigenvalue weighted by molar-refractivity contribution is 5.82. The second kappa shape index (κ2) is 9.93. The molecule has 0 bridgehead atoms. The number of hydrogen-bond acceptors (Lipinski definition) is 8. The van der Waals surface area contributed by atoms with Gasteiger partial charge in [0.05, 0.1) is 33.0 Å². The van der Waals surface area contributed by atoms with E-state index in [1.807, 2.05) is 13.8 Å². The van der Waals surface area contributed by atoms with E-state index in [1.165, 1.54) is 0 Å². The van der Waals surface area contributed by atoms with E-state index in [9.17, 15) is 10.5 Å². The molecule has 8 heteroatoms. The van der Waals surface area contributed by atoms with Crippen LogP contribution in [0.4, 0.5) is 5.82 Å². The number of nitrogens with two attached hydrogens (primary N) is 1. The first-order chi connectivity index (χ1) is 14.7. The molecule has 8 nitrogen and oxygen atoms in total. The zero-order chi connectivity index (χ0) is 21.5. The molecule has 0 atom stereocenters. The van der Waals surface area contributed by atoms with E-state index in [2.05, 4.69) is 17.1 Å². The van der Waals surface area contributed by atoms with Crippen LogP contribution in [0.3, 0.4) is 0 Å². The monoisotopic (exact) mass is 408 g/mol. The van der Waals surface area contributed by atoms with E-state index in [0.29, 0.717) is 49.9 Å². The lowest BCUT2D eigenvalue weighted by atomic mass is 9.96. The first-order valence-electron chi connectivity index (χ1n) is 9.88. The molecule has 156 valence electrons. The van der Waals surface area contributed by atoms with Gasteiger partial charge in [-0.1, -0.05) is 26.0 Å². The lowest BCUT2D eigenvalue weighted by Crippen LogP contribution is -2.38. The summed E-state index contributed by atoms with van der Waals surface area (Å²) in [4.78, 5) is 4.14. The van der Waals surface area contributed by atoms with Crippen LogP contribution in [0.1, 0.15) is 25.0 Å². The molecule has 0 unspecified atom stereocenters. The molecule has 2 aliphatic rings. The molecule has 30 heavy (non-hydrogen) atoms. The summed E-state index contributed by atoms with van der Waals surface area (Å²) in [6.07, 6.45) is 0.0576. The normalized spacial score (nSPS) is 15.5. The van der Waals surface area contributed by atoms with E-state index < -0.39 is 0 Å². The van der Waals surface area contributed by atoms with Gasteiger partial charge >= 0.3 is 0 Å². The van der Waals surface area contributed by atoms with Gasteiger partial charge in [0.15, 0.2) is 0 Å². The molecule has 2 fully saturated rings. The van der Waals surface area contributed by atoms with E-state index in [-0.39, 0.29) is 34.8 Å². The van der Waals surface area contributed by atoms with Crippen molar-refractivity contribution in [2.24, 2.45) is 5.92 Å². The molecule has 1 aromatic heterocycles. The van der Waals surface area contributed by atoms with Crippen molar-refractivity contribution in [1.82, 2.24) is 4.98 Å². The van der Waals surface area contributed by atoms with Crippen LogP contribution in [0, 0.1) is 28.6 Å². The fraction of sp³-hybridized carbons (Fsp3) is 0.409. The molecule has 2 N–H and O–H groups in total. The van der Waals surface area contributed by atoms with Crippen molar-refractivity contribution in [2.45, 2.75) is 20.0 Å². The van der Waals surface area contributed by atoms with Crippen LogP contribution in [0.25, 0.3) is 11.1 Å². The summed E-state index contributed by atoms with van der Waals surface area (Å²) in [5, 5.41) is 19.3. The predicted octanol–water partition coefficient (Wildman–Crippen LogP) is 2.90. The van der Waals surface area contributed by atoms with E-state index in [4.69, 9.17) is 24.7 Å². The third-order valence-electron chi connectivity index (χ3n) is 4.63. The van der Waals surface area contributed by atoms with Crippen molar-refractivity contribution in [3.8, 4) is 34.9 Å². The summed E-state index contributed by atoms with van der Waals surface area (Å²) in [6, 6.07) is 11.3. The number of nitrogen functional groups attached to an aromatic ring is 1. The van der Waals surface area contributed by atoms with Gasteiger partial charge in [-0.05, 0) is 17.7 Å². The zero-order valence-corrected chi connectivity index (χ0v) is 17.1. The molecular formula is C22H24N4O4. The first kappa shape index (κ1) is 21.4. The average Bonchev–Trinajstić information content (AvgIpc) is 2.71. The average molecular weight is 408 g/mol. The fourth-order valence-electron chi connectivity index (χ4n) is 2.94. The smallest absolute Gasteiger partial charge is 0.234 e. The number of benzene rings is 1. The second-order valence-electron chi connectivity index (χ2n) is 6.67. The quantitative estimate of drug-likeness (QED) is 0.774. The number of anilines is 1. The Balaban J connectivity index is 0.00000124. The Hall–Kier alpha value is -3.33. The van der Waals surface area contributed by atoms with Gasteiger partial charge in [-0.3, -0.25) is 0 Å². The largest absolute Gasteiger partial charge is 0.486 e. The van der Waals surface area contributed by atoms with Gasteiger partial charge < -0.3 is 24.7 Å². The fourth-order valence-corrected chi connectivity index (χ4v) is 2.94. The predicted molar refractivity (Wildman–Crippen MR) is 110 cm³/mol. The summed E-state index contributed by atoms with van der Waals surface area (Å²) in [7, 11) is 0. The minimum atomic E-state index is 0.0308. The molecule has 2 aromatic rings. The highest BCUT2D eigenvalue weighted by Gasteiger charge is 2.25. The van der Waals surface area contributed by atoms with Crippen molar-refractivity contribution in [3.63, 3.8) is 0 Å². The number of rotatable bonds is 6. The lowest BCUT2D eigenvalue weighted by molar-refractivity contribution is -0.0796. The van der Waals surface area contributed by atoms with Crippen molar-refractivity contribution in [1.29, 1.82) is 10.5 Å². The lowest BCUT2D eigenvalue weighted by Gasteiger charge is -2.26. The van der Waals surface area contributed by atoms with E-state index in [0.717, 1.165) is 0 Å². The summed E-state index contributed by atoms with van der Waals surface area (Å²) in [6.45, 7) is 6.77. The van der Waals surface area contributed by atoms with Gasteiger partial charge in [-0.2, -0.15) is 15.5 Å². The maximum absolute atomic E-state index is 9.74. The number of hydrogen-bond donors (Lipinski definition) is 1. The van der Waals surface area contributed by atoms with E-state index in [1.54, 1.807) is 24.3 Å². The van der Waals surface area contributed by atoms with Gasteiger partial charge in [0, 0.05) is 11.5 Å². The van der Waals surface area contributed by atoms with Crippen LogP contribution in [0.5, 0.6) is 11.6 Å².